The quantitative estimate of drug-likeness (QED) is 0.340. The number of Topliss-reactive ketones (excluding diaryl/α,β-unsaturated/α-hetero) is 1. The van der Waals surface area contributed by atoms with Crippen LogP contribution in [0.4, 0.5) is 5.69 Å². The van der Waals surface area contributed by atoms with E-state index in [1.807, 2.05) is 12.1 Å². The maximum atomic E-state index is 13.8. The van der Waals surface area contributed by atoms with Gasteiger partial charge in [0.2, 0.25) is 11.8 Å². The van der Waals surface area contributed by atoms with Crippen molar-refractivity contribution in [1.29, 1.82) is 0 Å². The van der Waals surface area contributed by atoms with Gasteiger partial charge in [0.25, 0.3) is 0 Å². The van der Waals surface area contributed by atoms with E-state index < -0.39 is 23.7 Å². The second-order valence-corrected chi connectivity index (χ2v) is 10.5. The number of aromatic hydroxyl groups is 1. The van der Waals surface area contributed by atoms with Crippen LogP contribution in [-0.4, -0.2) is 35.6 Å². The topological polar surface area (TPSA) is 101 Å². The maximum Gasteiger partial charge on any atom is 0.238 e. The number of para-hydroxylation sites is 1. The molecule has 2 aromatic carbocycles. The molecule has 0 bridgehead atoms. The molecule has 4 unspecified atom stereocenters. The summed E-state index contributed by atoms with van der Waals surface area (Å²) in [5.74, 6) is -3.47. The highest BCUT2D eigenvalue weighted by molar-refractivity contribution is 9.12. The lowest BCUT2D eigenvalue weighted by Crippen LogP contribution is -2.39. The van der Waals surface area contributed by atoms with E-state index >= 15 is 0 Å². The molecule has 1 saturated heterocycles. The molecule has 8 heteroatoms. The van der Waals surface area contributed by atoms with Crippen molar-refractivity contribution in [2.24, 2.45) is 17.8 Å². The van der Waals surface area contributed by atoms with Crippen molar-refractivity contribution in [3.05, 3.63) is 87.4 Å². The molecule has 0 spiro atoms. The Morgan fingerprint density at radius 3 is 2.46 bits per heavy atom. The van der Waals surface area contributed by atoms with Crippen LogP contribution in [0.2, 0.25) is 0 Å². The predicted octanol–water partition coefficient (Wildman–Crippen LogP) is 4.37. The zero-order valence-electron chi connectivity index (χ0n) is 19.8. The van der Waals surface area contributed by atoms with Gasteiger partial charge in [-0.3, -0.25) is 24.1 Å². The van der Waals surface area contributed by atoms with E-state index in [4.69, 9.17) is 4.74 Å². The lowest BCUT2D eigenvalue weighted by atomic mass is 9.59. The smallest absolute Gasteiger partial charge is 0.238 e. The van der Waals surface area contributed by atoms with Gasteiger partial charge in [0.05, 0.1) is 29.1 Å². The first-order valence-corrected chi connectivity index (χ1v) is 12.8. The van der Waals surface area contributed by atoms with Crippen LogP contribution in [0.25, 0.3) is 0 Å². The fourth-order valence-electron chi connectivity index (χ4n) is 6.37. The maximum absolute atomic E-state index is 13.8. The van der Waals surface area contributed by atoms with Crippen molar-refractivity contribution in [3.8, 4) is 11.5 Å². The average molecular weight is 560 g/mol. The Kier molecular flexibility index (Phi) is 5.53. The molecule has 0 aromatic heterocycles. The zero-order chi connectivity index (χ0) is 26.0. The third-order valence-electron chi connectivity index (χ3n) is 7.90. The second kappa shape index (κ2) is 8.66. The molecule has 2 aromatic rings. The molecule has 3 aliphatic carbocycles. The third kappa shape index (κ3) is 3.39. The molecule has 1 heterocycles. The van der Waals surface area contributed by atoms with Crippen molar-refractivity contribution in [1.82, 2.24) is 0 Å². The SMILES string of the molecule is COc1cccc(O)c1C1C2=CCC3C(=O)N(c4ccccc4)C(=O)C3C2CC2=C1C(=O)C=C(Br)C2=O. The predicted molar refractivity (Wildman–Crippen MR) is 138 cm³/mol. The summed E-state index contributed by atoms with van der Waals surface area (Å²) in [6, 6.07) is 13.7. The Balaban J connectivity index is 1.54. The minimum absolute atomic E-state index is 0.0755. The number of hydrogen-bond acceptors (Lipinski definition) is 6. The van der Waals surface area contributed by atoms with Gasteiger partial charge >= 0.3 is 0 Å². The highest BCUT2D eigenvalue weighted by atomic mass is 79.9. The van der Waals surface area contributed by atoms with Crippen molar-refractivity contribution in [3.63, 3.8) is 0 Å². The highest BCUT2D eigenvalue weighted by Crippen LogP contribution is 2.57. The molecule has 1 N–H and O–H groups in total. The Morgan fingerprint density at radius 1 is 0.973 bits per heavy atom. The number of fused-ring (bicyclic) bond motifs is 3. The van der Waals surface area contributed by atoms with E-state index in [1.54, 1.807) is 36.4 Å². The van der Waals surface area contributed by atoms with Gasteiger partial charge in [-0.15, -0.1) is 0 Å². The van der Waals surface area contributed by atoms with Crippen molar-refractivity contribution in [2.45, 2.75) is 18.8 Å². The average Bonchev–Trinajstić information content (AvgIpc) is 3.16. The van der Waals surface area contributed by atoms with Crippen molar-refractivity contribution >= 4 is 45.0 Å². The number of phenols is 1. The molecule has 1 aliphatic heterocycles. The number of ether oxygens (including phenoxy) is 1. The van der Waals surface area contributed by atoms with Gasteiger partial charge in [-0.05, 0) is 59.0 Å². The Labute approximate surface area is 221 Å². The molecule has 4 atom stereocenters. The van der Waals surface area contributed by atoms with Gasteiger partial charge in [0.1, 0.15) is 11.5 Å². The van der Waals surface area contributed by atoms with Crippen LogP contribution in [0.3, 0.4) is 0 Å². The Morgan fingerprint density at radius 2 is 1.73 bits per heavy atom. The van der Waals surface area contributed by atoms with E-state index in [0.717, 1.165) is 5.57 Å². The number of methoxy groups -OCH3 is 1. The van der Waals surface area contributed by atoms with Gasteiger partial charge in [-0.1, -0.05) is 35.9 Å². The summed E-state index contributed by atoms with van der Waals surface area (Å²) in [6.07, 6.45) is 3.65. The summed E-state index contributed by atoms with van der Waals surface area (Å²) in [6.45, 7) is 0. The number of imide groups is 1. The monoisotopic (exact) mass is 559 g/mol. The van der Waals surface area contributed by atoms with Crippen LogP contribution in [-0.2, 0) is 19.2 Å². The largest absolute Gasteiger partial charge is 0.507 e. The Bertz CT molecular complexity index is 1490. The number of amides is 2. The molecule has 1 fully saturated rings. The number of ketones is 2. The number of phenolic OH excluding ortho intramolecular Hbond substituents is 1. The molecule has 0 radical (unpaired) electrons. The number of benzene rings is 2. The molecule has 37 heavy (non-hydrogen) atoms. The fraction of sp³-hybridized carbons (Fsp3) is 0.241. The first-order chi connectivity index (χ1) is 17.8. The minimum Gasteiger partial charge on any atom is -0.507 e. The van der Waals surface area contributed by atoms with Gasteiger partial charge in [0.15, 0.2) is 11.6 Å². The van der Waals surface area contributed by atoms with Crippen molar-refractivity contribution < 1.29 is 29.0 Å². The number of halogens is 1. The number of allylic oxidation sites excluding steroid dienone is 6. The summed E-state index contributed by atoms with van der Waals surface area (Å²) >= 11 is 3.22. The Hall–Kier alpha value is -3.78. The van der Waals surface area contributed by atoms with Gasteiger partial charge < -0.3 is 9.84 Å². The molecule has 7 nitrogen and oxygen atoms in total. The molecular formula is C29H22BrNO6. The van der Waals surface area contributed by atoms with Crippen LogP contribution in [0.1, 0.15) is 24.3 Å². The summed E-state index contributed by atoms with van der Waals surface area (Å²) < 4.78 is 5.71. The molecule has 186 valence electrons. The standard InChI is InChI=1S/C29H22BrNO6/c1-37-22-9-5-8-20(32)26(22)25-15-10-11-16-23(29(36)31(28(16)35)14-6-3-2-4-7-14)17(15)12-18-24(25)21(33)13-19(30)27(18)34/h2-10,13,16-17,23,25,32H,11-12H2,1H3. The van der Waals surface area contributed by atoms with E-state index in [0.29, 0.717) is 29.0 Å². The first kappa shape index (κ1) is 23.6. The summed E-state index contributed by atoms with van der Waals surface area (Å²) in [7, 11) is 1.47. The van der Waals surface area contributed by atoms with Crippen molar-refractivity contribution in [2.75, 3.05) is 12.0 Å². The molecule has 4 aliphatic rings. The van der Waals surface area contributed by atoms with E-state index in [1.165, 1.54) is 24.2 Å². The number of hydrogen-bond donors (Lipinski definition) is 1. The highest BCUT2D eigenvalue weighted by Gasteiger charge is 2.57. The van der Waals surface area contributed by atoms with Crippen LogP contribution >= 0.6 is 15.9 Å². The second-order valence-electron chi connectivity index (χ2n) is 9.63. The lowest BCUT2D eigenvalue weighted by Gasteiger charge is -2.42. The van der Waals surface area contributed by atoms with E-state index in [-0.39, 0.29) is 45.6 Å². The summed E-state index contributed by atoms with van der Waals surface area (Å²) in [4.78, 5) is 55.2. The van der Waals surface area contributed by atoms with E-state index in [9.17, 15) is 24.3 Å². The van der Waals surface area contributed by atoms with Crippen LogP contribution < -0.4 is 9.64 Å². The van der Waals surface area contributed by atoms with Crippen LogP contribution in [0.15, 0.2) is 81.9 Å². The number of nitrogens with zero attached hydrogens (tertiary/aromatic N) is 1. The molecule has 2 amide bonds. The number of anilines is 1. The van der Waals surface area contributed by atoms with Gasteiger partial charge in [-0.2, -0.15) is 0 Å². The molecular weight excluding hydrogens is 538 g/mol. The number of carbonyl (C=O) groups is 4. The van der Waals surface area contributed by atoms with Gasteiger partial charge in [-0.25, -0.2) is 0 Å². The van der Waals surface area contributed by atoms with E-state index in [2.05, 4.69) is 15.9 Å². The normalized spacial score (nSPS) is 26.9. The zero-order valence-corrected chi connectivity index (χ0v) is 21.4. The lowest BCUT2D eigenvalue weighted by molar-refractivity contribution is -0.123. The number of rotatable bonds is 3. The van der Waals surface area contributed by atoms with Crippen LogP contribution in [0.5, 0.6) is 11.5 Å². The van der Waals surface area contributed by atoms with Crippen LogP contribution in [0, 0.1) is 17.8 Å². The third-order valence-corrected chi connectivity index (χ3v) is 8.49. The first-order valence-electron chi connectivity index (χ1n) is 12.0. The number of carbonyl (C=O) groups excluding carboxylic acids is 4. The molecule has 0 saturated carbocycles. The minimum atomic E-state index is -0.784. The fourth-order valence-corrected chi connectivity index (χ4v) is 6.82. The summed E-state index contributed by atoms with van der Waals surface area (Å²) in [5.41, 5.74) is 2.22. The molecule has 6 rings (SSSR count). The summed E-state index contributed by atoms with van der Waals surface area (Å²) in [5, 5.41) is 11.0. The van der Waals surface area contributed by atoms with Gasteiger partial charge in [0, 0.05) is 28.7 Å².